The first-order valence-corrected chi connectivity index (χ1v) is 11.6. The molecule has 2 N–H and O–H groups in total. The van der Waals surface area contributed by atoms with Crippen LogP contribution in [0.5, 0.6) is 0 Å². The zero-order chi connectivity index (χ0) is 22.0. The molecule has 1 unspecified atom stereocenters. The topological polar surface area (TPSA) is 108 Å². The van der Waals surface area contributed by atoms with Crippen LogP contribution in [0.2, 0.25) is 0 Å². The van der Waals surface area contributed by atoms with Crippen LogP contribution in [0.1, 0.15) is 6.42 Å². The fraction of sp³-hybridized carbons (Fsp3) is 0.150. The van der Waals surface area contributed by atoms with Gasteiger partial charge < -0.3 is 10.2 Å². The molecule has 0 radical (unpaired) electrons. The summed E-state index contributed by atoms with van der Waals surface area (Å²) < 4.78 is 41.1. The van der Waals surface area contributed by atoms with E-state index in [-0.39, 0.29) is 34.6 Å². The Labute approximate surface area is 181 Å². The van der Waals surface area contributed by atoms with Crippen LogP contribution in [-0.4, -0.2) is 31.8 Å². The number of carbonyl (C=O) groups is 2. The van der Waals surface area contributed by atoms with Gasteiger partial charge in [0.05, 0.1) is 16.5 Å². The molecule has 2 amide bonds. The molecular weight excluding hydrogens is 443 g/mol. The van der Waals surface area contributed by atoms with Crippen molar-refractivity contribution in [2.75, 3.05) is 21.5 Å². The number of thiazole rings is 1. The molecule has 2 heterocycles. The summed E-state index contributed by atoms with van der Waals surface area (Å²) in [5, 5.41) is 4.58. The third-order valence-corrected chi connectivity index (χ3v) is 6.90. The summed E-state index contributed by atoms with van der Waals surface area (Å²) in [7, 11) is -3.80. The van der Waals surface area contributed by atoms with Crippen molar-refractivity contribution < 1.29 is 22.4 Å². The van der Waals surface area contributed by atoms with Gasteiger partial charge >= 0.3 is 0 Å². The Morgan fingerprint density at radius 1 is 1.16 bits per heavy atom. The van der Waals surface area contributed by atoms with E-state index in [0.29, 0.717) is 5.69 Å². The summed E-state index contributed by atoms with van der Waals surface area (Å²) >= 11 is 1.16. The molecule has 31 heavy (non-hydrogen) atoms. The monoisotopic (exact) mass is 460 g/mol. The van der Waals surface area contributed by atoms with Crippen molar-refractivity contribution in [3.63, 3.8) is 0 Å². The second-order valence-electron chi connectivity index (χ2n) is 6.81. The molecule has 1 aromatic heterocycles. The molecule has 1 aliphatic rings. The third kappa shape index (κ3) is 4.57. The highest BCUT2D eigenvalue weighted by molar-refractivity contribution is 7.93. The maximum atomic E-state index is 14.0. The number of benzene rings is 2. The van der Waals surface area contributed by atoms with Crippen LogP contribution in [0.3, 0.4) is 0 Å². The molecule has 11 heteroatoms. The average Bonchev–Trinajstić information content (AvgIpc) is 3.38. The van der Waals surface area contributed by atoms with Gasteiger partial charge in [-0.1, -0.05) is 12.1 Å². The number of nitrogens with zero attached hydrogens (tertiary/aromatic N) is 2. The van der Waals surface area contributed by atoms with E-state index in [1.165, 1.54) is 53.6 Å². The minimum atomic E-state index is -3.80. The van der Waals surface area contributed by atoms with Gasteiger partial charge in [0.15, 0.2) is 5.13 Å². The number of hydrogen-bond donors (Lipinski definition) is 2. The summed E-state index contributed by atoms with van der Waals surface area (Å²) in [5.74, 6) is -1.91. The molecule has 0 aliphatic carbocycles. The predicted molar refractivity (Wildman–Crippen MR) is 115 cm³/mol. The van der Waals surface area contributed by atoms with E-state index in [1.54, 1.807) is 11.4 Å². The van der Waals surface area contributed by atoms with Crippen LogP contribution in [0, 0.1) is 11.7 Å². The van der Waals surface area contributed by atoms with E-state index >= 15 is 0 Å². The second-order valence-corrected chi connectivity index (χ2v) is 9.39. The van der Waals surface area contributed by atoms with E-state index in [4.69, 9.17) is 0 Å². The summed E-state index contributed by atoms with van der Waals surface area (Å²) in [6.07, 6.45) is 1.45. The Morgan fingerprint density at radius 2 is 1.90 bits per heavy atom. The predicted octanol–water partition coefficient (Wildman–Crippen LogP) is 3.07. The van der Waals surface area contributed by atoms with E-state index in [1.807, 2.05) is 0 Å². The van der Waals surface area contributed by atoms with Crippen molar-refractivity contribution in [3.8, 4) is 0 Å². The van der Waals surface area contributed by atoms with Gasteiger partial charge in [0.1, 0.15) is 5.82 Å². The molecule has 8 nitrogen and oxygen atoms in total. The van der Waals surface area contributed by atoms with Crippen molar-refractivity contribution >= 4 is 49.7 Å². The number of rotatable bonds is 6. The Hall–Kier alpha value is -3.31. The fourth-order valence-corrected chi connectivity index (χ4v) is 4.98. The number of anilines is 3. The Morgan fingerprint density at radius 3 is 2.58 bits per heavy atom. The minimum Gasteiger partial charge on any atom is -0.326 e. The van der Waals surface area contributed by atoms with Crippen LogP contribution in [0.25, 0.3) is 0 Å². The van der Waals surface area contributed by atoms with Gasteiger partial charge in [-0.3, -0.25) is 14.3 Å². The van der Waals surface area contributed by atoms with Crippen LogP contribution in [-0.2, 0) is 19.6 Å². The smallest absolute Gasteiger partial charge is 0.263 e. The summed E-state index contributed by atoms with van der Waals surface area (Å²) in [4.78, 5) is 30.0. The fourth-order valence-electron chi connectivity index (χ4n) is 3.20. The molecule has 1 atom stereocenters. The SMILES string of the molecule is O=C(Nc1ccc(S(=O)(=O)Nc2nccs2)cc1)C1CC(=O)N(c2ccccc2F)C1. The zero-order valence-electron chi connectivity index (χ0n) is 16.0. The zero-order valence-corrected chi connectivity index (χ0v) is 17.6. The van der Waals surface area contributed by atoms with Gasteiger partial charge in [-0.05, 0) is 36.4 Å². The van der Waals surface area contributed by atoms with Crippen molar-refractivity contribution in [2.24, 2.45) is 5.92 Å². The van der Waals surface area contributed by atoms with Crippen molar-refractivity contribution in [1.82, 2.24) is 4.98 Å². The van der Waals surface area contributed by atoms with E-state index in [9.17, 15) is 22.4 Å². The number of amides is 2. The average molecular weight is 461 g/mol. The molecule has 2 aromatic carbocycles. The number of sulfonamides is 1. The number of nitrogens with one attached hydrogen (secondary N) is 2. The summed E-state index contributed by atoms with van der Waals surface area (Å²) in [6, 6.07) is 11.5. The Balaban J connectivity index is 1.41. The number of aromatic nitrogens is 1. The van der Waals surface area contributed by atoms with Gasteiger partial charge in [0.25, 0.3) is 10.0 Å². The van der Waals surface area contributed by atoms with E-state index in [2.05, 4.69) is 15.0 Å². The van der Waals surface area contributed by atoms with Gasteiger partial charge in [-0.2, -0.15) is 0 Å². The van der Waals surface area contributed by atoms with Gasteiger partial charge in [-0.15, -0.1) is 11.3 Å². The number of para-hydroxylation sites is 1. The normalized spacial score (nSPS) is 16.4. The maximum Gasteiger partial charge on any atom is 0.263 e. The number of carbonyl (C=O) groups excluding carboxylic acids is 2. The molecule has 160 valence electrons. The lowest BCUT2D eigenvalue weighted by Gasteiger charge is -2.17. The highest BCUT2D eigenvalue weighted by atomic mass is 32.2. The van der Waals surface area contributed by atoms with E-state index in [0.717, 1.165) is 11.3 Å². The first-order valence-electron chi connectivity index (χ1n) is 9.21. The molecular formula is C20H17FN4O4S2. The highest BCUT2D eigenvalue weighted by Gasteiger charge is 2.36. The number of hydrogen-bond acceptors (Lipinski definition) is 6. The highest BCUT2D eigenvalue weighted by Crippen LogP contribution is 2.28. The lowest BCUT2D eigenvalue weighted by molar-refractivity contribution is -0.122. The molecule has 4 rings (SSSR count). The number of halogens is 1. The van der Waals surface area contributed by atoms with Crippen LogP contribution in [0.4, 0.5) is 20.9 Å². The minimum absolute atomic E-state index is 0.0162. The van der Waals surface area contributed by atoms with Crippen LogP contribution < -0.4 is 14.9 Å². The lowest BCUT2D eigenvalue weighted by Crippen LogP contribution is -2.28. The molecule has 0 bridgehead atoms. The Bertz CT molecular complexity index is 1210. The molecule has 0 saturated carbocycles. The molecule has 0 spiro atoms. The van der Waals surface area contributed by atoms with Crippen molar-refractivity contribution in [1.29, 1.82) is 0 Å². The summed E-state index contributed by atoms with van der Waals surface area (Å²) in [5.41, 5.74) is 0.528. The summed E-state index contributed by atoms with van der Waals surface area (Å²) in [6.45, 7) is 0.0653. The van der Waals surface area contributed by atoms with Crippen molar-refractivity contribution in [2.45, 2.75) is 11.3 Å². The van der Waals surface area contributed by atoms with E-state index < -0.39 is 27.7 Å². The van der Waals surface area contributed by atoms with Crippen LogP contribution >= 0.6 is 11.3 Å². The van der Waals surface area contributed by atoms with Gasteiger partial charge in [0.2, 0.25) is 11.8 Å². The molecule has 3 aromatic rings. The third-order valence-electron chi connectivity index (χ3n) is 4.73. The second kappa shape index (κ2) is 8.44. The largest absolute Gasteiger partial charge is 0.326 e. The first kappa shape index (κ1) is 20.9. The van der Waals surface area contributed by atoms with Gasteiger partial charge in [-0.25, -0.2) is 17.8 Å². The van der Waals surface area contributed by atoms with Crippen LogP contribution in [0.15, 0.2) is 65.0 Å². The molecule has 1 fully saturated rings. The molecule has 1 saturated heterocycles. The Kier molecular flexibility index (Phi) is 5.70. The maximum absolute atomic E-state index is 14.0. The standard InChI is InChI=1S/C20H17FN4O4S2/c21-16-3-1-2-4-17(16)25-12-13(11-18(25)26)19(27)23-14-5-7-15(8-6-14)31(28,29)24-20-22-9-10-30-20/h1-10,13H,11-12H2,(H,22,24)(H,23,27). The van der Waals surface area contributed by atoms with Crippen molar-refractivity contribution in [3.05, 3.63) is 65.9 Å². The van der Waals surface area contributed by atoms with Gasteiger partial charge in [0, 0.05) is 30.2 Å². The quantitative estimate of drug-likeness (QED) is 0.588. The first-order chi connectivity index (χ1) is 14.8. The lowest BCUT2D eigenvalue weighted by atomic mass is 10.1. The molecule has 1 aliphatic heterocycles.